The standard InChI is InChI=1S/C24H30FN3O5S2/c1-2-33-23(29)20-18-5-3-4-6-19(18)34-21(20)27-24(30)28-22(15-11-13-26-14-12-15)35(31,32)17-9-7-16(25)8-10-17/h7-10,15,22,26H,2-6,11-14H2,1H3,(H2,27,28,30). The topological polar surface area (TPSA) is 114 Å². The number of sulfone groups is 1. The molecule has 1 aliphatic heterocycles. The van der Waals surface area contributed by atoms with E-state index in [9.17, 15) is 22.4 Å². The molecule has 1 fully saturated rings. The molecule has 1 aromatic heterocycles. The maximum absolute atomic E-state index is 13.5. The van der Waals surface area contributed by atoms with Gasteiger partial charge >= 0.3 is 12.0 Å². The molecule has 1 atom stereocenters. The number of carbonyl (C=O) groups is 2. The second-order valence-electron chi connectivity index (χ2n) is 8.74. The Hall–Kier alpha value is -2.50. The molecular formula is C24H30FN3O5S2. The summed E-state index contributed by atoms with van der Waals surface area (Å²) < 4.78 is 45.6. The van der Waals surface area contributed by atoms with Crippen LogP contribution in [-0.4, -0.2) is 45.5 Å². The summed E-state index contributed by atoms with van der Waals surface area (Å²) in [4.78, 5) is 26.8. The quantitative estimate of drug-likeness (QED) is 0.375. The van der Waals surface area contributed by atoms with Crippen LogP contribution in [0.1, 0.15) is 53.4 Å². The van der Waals surface area contributed by atoms with Crippen LogP contribution in [0.2, 0.25) is 0 Å². The predicted octanol–water partition coefficient (Wildman–Crippen LogP) is 3.86. The van der Waals surface area contributed by atoms with Gasteiger partial charge in [-0.15, -0.1) is 11.3 Å². The molecule has 0 spiro atoms. The summed E-state index contributed by atoms with van der Waals surface area (Å²) >= 11 is 1.34. The highest BCUT2D eigenvalue weighted by Gasteiger charge is 2.37. The van der Waals surface area contributed by atoms with Gasteiger partial charge in [-0.1, -0.05) is 0 Å². The van der Waals surface area contributed by atoms with Crippen LogP contribution in [0.4, 0.5) is 14.2 Å². The molecule has 2 heterocycles. The number of aryl methyl sites for hydroxylation is 1. The zero-order chi connectivity index (χ0) is 25.0. The van der Waals surface area contributed by atoms with Crippen molar-refractivity contribution in [1.29, 1.82) is 0 Å². The number of nitrogens with one attached hydrogen (secondary N) is 3. The Bertz CT molecular complexity index is 1170. The number of esters is 1. The van der Waals surface area contributed by atoms with E-state index >= 15 is 0 Å². The number of carbonyl (C=O) groups excluding carboxylic acids is 2. The van der Waals surface area contributed by atoms with Gasteiger partial charge in [0.25, 0.3) is 0 Å². The van der Waals surface area contributed by atoms with Crippen molar-refractivity contribution in [2.75, 3.05) is 25.0 Å². The fourth-order valence-electron chi connectivity index (χ4n) is 4.71. The van der Waals surface area contributed by atoms with Gasteiger partial charge in [-0.25, -0.2) is 22.4 Å². The summed E-state index contributed by atoms with van der Waals surface area (Å²) in [5.41, 5.74) is 1.27. The SMILES string of the molecule is CCOC(=O)c1c(NC(=O)NC(C2CCNCC2)S(=O)(=O)c2ccc(F)cc2)sc2c1CCCC2. The molecular weight excluding hydrogens is 493 g/mol. The predicted molar refractivity (Wildman–Crippen MR) is 132 cm³/mol. The van der Waals surface area contributed by atoms with Gasteiger partial charge < -0.3 is 15.4 Å². The number of hydrogen-bond donors (Lipinski definition) is 3. The summed E-state index contributed by atoms with van der Waals surface area (Å²) in [7, 11) is -4.00. The molecule has 2 amide bonds. The van der Waals surface area contributed by atoms with Crippen LogP contribution in [-0.2, 0) is 27.4 Å². The van der Waals surface area contributed by atoms with Gasteiger partial charge in [-0.3, -0.25) is 5.32 Å². The third-order valence-corrected chi connectivity index (χ3v) is 9.75. The van der Waals surface area contributed by atoms with Crippen molar-refractivity contribution >= 4 is 38.2 Å². The monoisotopic (exact) mass is 523 g/mol. The maximum atomic E-state index is 13.5. The molecule has 35 heavy (non-hydrogen) atoms. The molecule has 1 unspecified atom stereocenters. The van der Waals surface area contributed by atoms with Crippen LogP contribution >= 0.6 is 11.3 Å². The Morgan fingerprint density at radius 3 is 2.54 bits per heavy atom. The molecule has 8 nitrogen and oxygen atoms in total. The molecule has 11 heteroatoms. The fourth-order valence-corrected chi connectivity index (χ4v) is 7.83. The fraction of sp³-hybridized carbons (Fsp3) is 0.500. The van der Waals surface area contributed by atoms with Crippen LogP contribution in [0, 0.1) is 11.7 Å². The van der Waals surface area contributed by atoms with E-state index in [0.29, 0.717) is 36.5 Å². The first-order valence-corrected chi connectivity index (χ1v) is 14.3. The van der Waals surface area contributed by atoms with Crippen molar-refractivity contribution in [3.8, 4) is 0 Å². The van der Waals surface area contributed by atoms with E-state index in [1.54, 1.807) is 6.92 Å². The number of rotatable bonds is 7. The molecule has 2 aliphatic rings. The van der Waals surface area contributed by atoms with Gasteiger partial charge in [0.05, 0.1) is 17.1 Å². The van der Waals surface area contributed by atoms with E-state index in [2.05, 4.69) is 16.0 Å². The Balaban J connectivity index is 1.61. The summed E-state index contributed by atoms with van der Waals surface area (Å²) in [5.74, 6) is -1.35. The summed E-state index contributed by atoms with van der Waals surface area (Å²) in [6, 6.07) is 3.90. The van der Waals surface area contributed by atoms with E-state index in [0.717, 1.165) is 48.3 Å². The number of amides is 2. The molecule has 0 radical (unpaired) electrons. The molecule has 3 N–H and O–H groups in total. The number of benzene rings is 1. The van der Waals surface area contributed by atoms with Crippen molar-refractivity contribution in [2.24, 2.45) is 5.92 Å². The van der Waals surface area contributed by atoms with Crippen LogP contribution in [0.25, 0.3) is 0 Å². The second-order valence-corrected chi connectivity index (χ2v) is 11.9. The number of urea groups is 1. The third-order valence-electron chi connectivity index (χ3n) is 6.44. The molecule has 0 bridgehead atoms. The number of hydrogen-bond acceptors (Lipinski definition) is 7. The van der Waals surface area contributed by atoms with Crippen LogP contribution in [0.15, 0.2) is 29.2 Å². The van der Waals surface area contributed by atoms with Crippen molar-refractivity contribution < 1.29 is 27.1 Å². The molecule has 4 rings (SSSR count). The zero-order valence-electron chi connectivity index (χ0n) is 19.6. The minimum atomic E-state index is -4.00. The molecule has 190 valence electrons. The first kappa shape index (κ1) is 25.6. The Labute approximate surface area is 208 Å². The normalized spacial score (nSPS) is 17.3. The van der Waals surface area contributed by atoms with Crippen LogP contribution in [0.3, 0.4) is 0 Å². The summed E-state index contributed by atoms with van der Waals surface area (Å²) in [5, 5.41) is 7.77. The molecule has 0 saturated carbocycles. The third kappa shape index (κ3) is 5.68. The van der Waals surface area contributed by atoms with Gasteiger partial charge in [0, 0.05) is 4.88 Å². The van der Waals surface area contributed by atoms with Gasteiger partial charge in [0.1, 0.15) is 16.2 Å². The number of anilines is 1. The number of fused-ring (bicyclic) bond motifs is 1. The van der Waals surface area contributed by atoms with Crippen LogP contribution in [0.5, 0.6) is 0 Å². The van der Waals surface area contributed by atoms with E-state index in [1.807, 2.05) is 0 Å². The lowest BCUT2D eigenvalue weighted by Gasteiger charge is -2.31. The van der Waals surface area contributed by atoms with Gasteiger partial charge in [-0.05, 0) is 94.3 Å². The van der Waals surface area contributed by atoms with E-state index in [4.69, 9.17) is 4.74 Å². The Morgan fingerprint density at radius 2 is 1.86 bits per heavy atom. The number of halogens is 1. The van der Waals surface area contributed by atoms with Gasteiger partial charge in [-0.2, -0.15) is 0 Å². The first-order valence-electron chi connectivity index (χ1n) is 11.9. The Morgan fingerprint density at radius 1 is 1.17 bits per heavy atom. The van der Waals surface area contributed by atoms with Crippen molar-refractivity contribution in [3.05, 3.63) is 46.1 Å². The second kappa shape index (κ2) is 11.0. The highest BCUT2D eigenvalue weighted by Crippen LogP contribution is 2.38. The highest BCUT2D eigenvalue weighted by atomic mass is 32.2. The number of ether oxygens (including phenoxy) is 1. The minimum absolute atomic E-state index is 0.0541. The smallest absolute Gasteiger partial charge is 0.341 e. The molecule has 1 saturated heterocycles. The molecule has 2 aromatic rings. The minimum Gasteiger partial charge on any atom is -0.462 e. The van der Waals surface area contributed by atoms with Gasteiger partial charge in [0.2, 0.25) is 0 Å². The number of thiophene rings is 1. The molecule has 1 aliphatic carbocycles. The van der Waals surface area contributed by atoms with Crippen LogP contribution < -0.4 is 16.0 Å². The lowest BCUT2D eigenvalue weighted by molar-refractivity contribution is 0.0526. The van der Waals surface area contributed by atoms with Crippen molar-refractivity contribution in [1.82, 2.24) is 10.6 Å². The lowest BCUT2D eigenvalue weighted by atomic mass is 9.95. The highest BCUT2D eigenvalue weighted by molar-refractivity contribution is 7.92. The van der Waals surface area contributed by atoms with E-state index in [-0.39, 0.29) is 17.4 Å². The van der Waals surface area contributed by atoms with Gasteiger partial charge in [0.15, 0.2) is 9.84 Å². The number of piperidine rings is 1. The van der Waals surface area contributed by atoms with E-state index < -0.39 is 33.0 Å². The summed E-state index contributed by atoms with van der Waals surface area (Å²) in [6.07, 6.45) is 4.65. The van der Waals surface area contributed by atoms with E-state index in [1.165, 1.54) is 23.5 Å². The largest absolute Gasteiger partial charge is 0.462 e. The Kier molecular flexibility index (Phi) is 8.08. The maximum Gasteiger partial charge on any atom is 0.341 e. The van der Waals surface area contributed by atoms with Crippen molar-refractivity contribution in [3.63, 3.8) is 0 Å². The van der Waals surface area contributed by atoms with Crippen molar-refractivity contribution in [2.45, 2.75) is 55.7 Å². The lowest BCUT2D eigenvalue weighted by Crippen LogP contribution is -2.50. The average molecular weight is 524 g/mol. The first-order chi connectivity index (χ1) is 16.8. The summed E-state index contributed by atoms with van der Waals surface area (Å²) in [6.45, 7) is 3.20. The molecule has 1 aromatic carbocycles. The zero-order valence-corrected chi connectivity index (χ0v) is 21.2. The average Bonchev–Trinajstić information content (AvgIpc) is 3.21.